The molecule has 0 unspecified atom stereocenters. The molecule has 0 fully saturated rings. The van der Waals surface area contributed by atoms with Gasteiger partial charge >= 0.3 is 0 Å². The van der Waals surface area contributed by atoms with E-state index in [0.717, 1.165) is 0 Å². The molecule has 3 aromatic rings. The van der Waals surface area contributed by atoms with Crippen molar-refractivity contribution >= 4 is 5.78 Å². The lowest BCUT2D eigenvalue weighted by atomic mass is 9.71. The number of ketones is 1. The van der Waals surface area contributed by atoms with Crippen molar-refractivity contribution in [2.24, 2.45) is 0 Å². The molecule has 1 aliphatic carbocycles. The quantitative estimate of drug-likeness (QED) is 0.670. The average Bonchev–Trinajstić information content (AvgIpc) is 2.60. The summed E-state index contributed by atoms with van der Waals surface area (Å²) in [5.41, 5.74) is -0.333. The molecule has 0 radical (unpaired) electrons. The van der Waals surface area contributed by atoms with E-state index in [1.165, 1.54) is 12.1 Å². The number of nitrogens with zero attached hydrogens (tertiary/aromatic N) is 1. The molecular weight excluding hydrogens is 318 g/mol. The van der Waals surface area contributed by atoms with Crippen molar-refractivity contribution < 1.29 is 20.1 Å². The molecule has 0 amide bonds. The van der Waals surface area contributed by atoms with Crippen LogP contribution in [0, 0.1) is 0 Å². The number of pyridine rings is 1. The number of carbonyl (C=O) groups excluding carboxylic acids is 1. The first kappa shape index (κ1) is 15.4. The molecule has 124 valence electrons. The van der Waals surface area contributed by atoms with Crippen LogP contribution in [0.1, 0.15) is 32.7 Å². The Hall–Kier alpha value is -3.18. The monoisotopic (exact) mass is 333 g/mol. The van der Waals surface area contributed by atoms with Gasteiger partial charge in [0.05, 0.1) is 11.1 Å². The maximum atomic E-state index is 12.8. The van der Waals surface area contributed by atoms with Crippen molar-refractivity contribution in [2.45, 2.75) is 12.0 Å². The third kappa shape index (κ3) is 2.21. The van der Waals surface area contributed by atoms with E-state index in [0.29, 0.717) is 16.8 Å². The van der Waals surface area contributed by atoms with E-state index >= 15 is 0 Å². The van der Waals surface area contributed by atoms with Crippen LogP contribution < -0.4 is 0 Å². The molecule has 0 bridgehead atoms. The van der Waals surface area contributed by atoms with Crippen molar-refractivity contribution in [3.63, 3.8) is 0 Å². The lowest BCUT2D eigenvalue weighted by Crippen LogP contribution is -2.38. The van der Waals surface area contributed by atoms with Gasteiger partial charge in [0.25, 0.3) is 0 Å². The highest BCUT2D eigenvalue weighted by molar-refractivity contribution is 6.16. The van der Waals surface area contributed by atoms with E-state index in [-0.39, 0.29) is 29.0 Å². The van der Waals surface area contributed by atoms with Crippen LogP contribution in [0.5, 0.6) is 11.5 Å². The maximum absolute atomic E-state index is 12.8. The third-order valence-corrected chi connectivity index (χ3v) is 4.59. The largest absolute Gasteiger partial charge is 0.507 e. The summed E-state index contributed by atoms with van der Waals surface area (Å²) in [6.45, 7) is 0. The van der Waals surface area contributed by atoms with Gasteiger partial charge in [-0.05, 0) is 24.3 Å². The molecule has 0 atom stereocenters. The van der Waals surface area contributed by atoms with Crippen LogP contribution in [0.25, 0.3) is 0 Å². The minimum Gasteiger partial charge on any atom is -0.507 e. The number of phenols is 2. The van der Waals surface area contributed by atoms with E-state index in [9.17, 15) is 20.1 Å². The zero-order valence-corrected chi connectivity index (χ0v) is 13.2. The SMILES string of the molecule is O=C1c2c(O)cccc2C(O)(Cc2ccccn2)c2cccc(O)c21. The van der Waals surface area contributed by atoms with Gasteiger partial charge in [-0.25, -0.2) is 0 Å². The molecule has 5 heteroatoms. The number of aromatic nitrogens is 1. The van der Waals surface area contributed by atoms with Crippen molar-refractivity contribution in [3.8, 4) is 11.5 Å². The van der Waals surface area contributed by atoms with Crippen LogP contribution in [-0.2, 0) is 12.0 Å². The number of benzene rings is 2. The molecule has 5 nitrogen and oxygen atoms in total. The van der Waals surface area contributed by atoms with Crippen molar-refractivity contribution in [3.05, 3.63) is 88.7 Å². The second kappa shape index (κ2) is 5.43. The molecule has 0 saturated heterocycles. The lowest BCUT2D eigenvalue weighted by molar-refractivity contribution is 0.0703. The highest BCUT2D eigenvalue weighted by atomic mass is 16.3. The number of rotatable bonds is 2. The Morgan fingerprint density at radius 2 is 1.44 bits per heavy atom. The number of aliphatic hydroxyl groups is 1. The third-order valence-electron chi connectivity index (χ3n) is 4.59. The minimum atomic E-state index is -1.59. The van der Waals surface area contributed by atoms with Gasteiger partial charge in [-0.15, -0.1) is 0 Å². The number of fused-ring (bicyclic) bond motifs is 2. The Bertz CT molecular complexity index is 927. The summed E-state index contributed by atoms with van der Waals surface area (Å²) >= 11 is 0. The second-order valence-corrected chi connectivity index (χ2v) is 6.09. The maximum Gasteiger partial charge on any atom is 0.201 e. The molecule has 25 heavy (non-hydrogen) atoms. The number of hydrogen-bond acceptors (Lipinski definition) is 5. The van der Waals surface area contributed by atoms with Gasteiger partial charge in [-0.3, -0.25) is 9.78 Å². The van der Waals surface area contributed by atoms with Crippen LogP contribution in [0.3, 0.4) is 0 Å². The molecule has 0 spiro atoms. The Kier molecular flexibility index (Phi) is 3.33. The Morgan fingerprint density at radius 3 is 1.96 bits per heavy atom. The molecule has 0 aliphatic heterocycles. The molecule has 1 aromatic heterocycles. The highest BCUT2D eigenvalue weighted by Gasteiger charge is 2.44. The Morgan fingerprint density at radius 1 is 0.840 bits per heavy atom. The van der Waals surface area contributed by atoms with E-state index in [1.54, 1.807) is 42.6 Å². The Labute approximate surface area is 143 Å². The fraction of sp³-hybridized carbons (Fsp3) is 0.100. The number of phenolic OH excluding ortho intramolecular Hbond substituents is 2. The van der Waals surface area contributed by atoms with Crippen molar-refractivity contribution in [1.82, 2.24) is 4.98 Å². The minimum absolute atomic E-state index is 0.00920. The number of hydrogen-bond donors (Lipinski definition) is 3. The van der Waals surface area contributed by atoms with E-state index in [1.807, 2.05) is 6.07 Å². The summed E-state index contributed by atoms with van der Waals surface area (Å²) in [7, 11) is 0. The molecule has 4 rings (SSSR count). The van der Waals surface area contributed by atoms with Crippen LogP contribution in [0.15, 0.2) is 60.8 Å². The first-order valence-corrected chi connectivity index (χ1v) is 7.84. The topological polar surface area (TPSA) is 90.7 Å². The van der Waals surface area contributed by atoms with E-state index < -0.39 is 11.4 Å². The van der Waals surface area contributed by atoms with Crippen LogP contribution >= 0.6 is 0 Å². The van der Waals surface area contributed by atoms with Gasteiger partial charge in [0.1, 0.15) is 17.1 Å². The van der Waals surface area contributed by atoms with Crippen molar-refractivity contribution in [2.75, 3.05) is 0 Å². The van der Waals surface area contributed by atoms with E-state index in [4.69, 9.17) is 0 Å². The zero-order chi connectivity index (χ0) is 17.6. The van der Waals surface area contributed by atoms with Crippen LogP contribution in [0.4, 0.5) is 0 Å². The first-order valence-electron chi connectivity index (χ1n) is 7.84. The summed E-state index contributed by atoms with van der Waals surface area (Å²) in [6.07, 6.45) is 1.73. The van der Waals surface area contributed by atoms with Crippen molar-refractivity contribution in [1.29, 1.82) is 0 Å². The fourth-order valence-electron chi connectivity index (χ4n) is 3.47. The molecular formula is C20H15NO4. The summed E-state index contributed by atoms with van der Waals surface area (Å²) in [4.78, 5) is 17.1. The van der Waals surface area contributed by atoms with Gasteiger partial charge in [0.15, 0.2) is 0 Å². The molecule has 0 saturated carbocycles. The van der Waals surface area contributed by atoms with Gasteiger partial charge in [0.2, 0.25) is 5.78 Å². The Balaban J connectivity index is 2.02. The highest BCUT2D eigenvalue weighted by Crippen LogP contribution is 2.46. The second-order valence-electron chi connectivity index (χ2n) is 6.09. The van der Waals surface area contributed by atoms with E-state index in [2.05, 4.69) is 4.98 Å². The average molecular weight is 333 g/mol. The zero-order valence-electron chi connectivity index (χ0n) is 13.2. The summed E-state index contributed by atoms with van der Waals surface area (Å²) < 4.78 is 0. The van der Waals surface area contributed by atoms with Gasteiger partial charge in [-0.2, -0.15) is 0 Å². The number of aromatic hydroxyl groups is 2. The number of carbonyl (C=O) groups is 1. The van der Waals surface area contributed by atoms with Crippen LogP contribution in [0.2, 0.25) is 0 Å². The summed E-state index contributed by atoms with van der Waals surface area (Å²) in [5.74, 6) is -0.960. The summed E-state index contributed by atoms with van der Waals surface area (Å²) in [6, 6.07) is 14.5. The molecule has 1 aliphatic rings. The van der Waals surface area contributed by atoms with Gasteiger partial charge in [0, 0.05) is 29.4 Å². The molecule has 2 aromatic carbocycles. The standard InChI is InChI=1S/C20H15NO4/c22-15-8-3-6-13-17(15)19(24)18-14(7-4-9-16(18)23)20(13,25)11-12-5-1-2-10-21-12/h1-10,22-23,25H,11H2. The van der Waals surface area contributed by atoms with Crippen LogP contribution in [-0.4, -0.2) is 26.1 Å². The summed E-state index contributed by atoms with van der Waals surface area (Å²) in [5, 5.41) is 32.0. The smallest absolute Gasteiger partial charge is 0.201 e. The first-order chi connectivity index (χ1) is 12.0. The fourth-order valence-corrected chi connectivity index (χ4v) is 3.47. The normalized spacial score (nSPS) is 14.7. The molecule has 1 heterocycles. The predicted octanol–water partition coefficient (Wildman–Crippen LogP) is 2.52. The predicted molar refractivity (Wildman–Crippen MR) is 90.6 cm³/mol. The van der Waals surface area contributed by atoms with Gasteiger partial charge < -0.3 is 15.3 Å². The lowest BCUT2D eigenvalue weighted by Gasteiger charge is -2.36. The molecule has 3 N–H and O–H groups in total. The van der Waals surface area contributed by atoms with Gasteiger partial charge in [-0.1, -0.05) is 30.3 Å².